The molecule has 3 rings (SSSR count). The largest absolute Gasteiger partial charge is 0.342 e. The first kappa shape index (κ1) is 14.6. The maximum atomic E-state index is 12.9. The first-order valence-corrected chi connectivity index (χ1v) is 8.37. The summed E-state index contributed by atoms with van der Waals surface area (Å²) in [6.07, 6.45) is 4.85. The van der Waals surface area contributed by atoms with E-state index in [0.29, 0.717) is 5.91 Å². The molecule has 0 bridgehead atoms. The predicted octanol–water partition coefficient (Wildman–Crippen LogP) is 2.91. The van der Waals surface area contributed by atoms with Crippen LogP contribution in [0, 0.1) is 5.92 Å². The fraction of sp³-hybridized carbons (Fsp3) is 0.611. The summed E-state index contributed by atoms with van der Waals surface area (Å²) in [5, 5.41) is 3.40. The second-order valence-corrected chi connectivity index (χ2v) is 6.41. The minimum absolute atomic E-state index is 0.00752. The summed E-state index contributed by atoms with van der Waals surface area (Å²) in [4.78, 5) is 15.1. The highest BCUT2D eigenvalue weighted by Gasteiger charge is 2.30. The fourth-order valence-electron chi connectivity index (χ4n) is 3.73. The fourth-order valence-corrected chi connectivity index (χ4v) is 3.73. The van der Waals surface area contributed by atoms with Crippen molar-refractivity contribution in [3.8, 4) is 0 Å². The minimum atomic E-state index is 0.00752. The van der Waals surface area contributed by atoms with E-state index in [9.17, 15) is 4.79 Å². The van der Waals surface area contributed by atoms with Crippen molar-refractivity contribution >= 4 is 5.91 Å². The third-order valence-corrected chi connectivity index (χ3v) is 5.13. The maximum absolute atomic E-state index is 12.9. The van der Waals surface area contributed by atoms with Gasteiger partial charge in [0.2, 0.25) is 5.91 Å². The van der Waals surface area contributed by atoms with Crippen LogP contribution in [0.25, 0.3) is 0 Å². The summed E-state index contributed by atoms with van der Waals surface area (Å²) < 4.78 is 0. The van der Waals surface area contributed by atoms with Crippen LogP contribution in [-0.4, -0.2) is 30.4 Å². The Bertz CT molecular complexity index is 500. The topological polar surface area (TPSA) is 32.3 Å². The molecule has 3 heteroatoms. The molecule has 2 unspecified atom stereocenters. The summed E-state index contributed by atoms with van der Waals surface area (Å²) in [5.41, 5.74) is 2.51. The number of carbonyl (C=O) groups excluding carboxylic acids is 1. The molecule has 1 aromatic rings. The summed E-state index contributed by atoms with van der Waals surface area (Å²) >= 11 is 0. The first-order chi connectivity index (χ1) is 10.3. The van der Waals surface area contributed by atoms with E-state index in [0.717, 1.165) is 38.5 Å². The Morgan fingerprint density at radius 1 is 1.29 bits per heavy atom. The SMILES string of the molecule is CCC1CCCN(C(=O)C2CNCc3ccccc32)CC1. The van der Waals surface area contributed by atoms with Crippen LogP contribution < -0.4 is 5.32 Å². The quantitative estimate of drug-likeness (QED) is 0.906. The van der Waals surface area contributed by atoms with Gasteiger partial charge in [0.25, 0.3) is 0 Å². The Morgan fingerprint density at radius 3 is 3.00 bits per heavy atom. The number of amides is 1. The lowest BCUT2D eigenvalue weighted by Crippen LogP contribution is -2.42. The highest BCUT2D eigenvalue weighted by Crippen LogP contribution is 2.28. The molecule has 0 aromatic heterocycles. The zero-order valence-corrected chi connectivity index (χ0v) is 13.0. The van der Waals surface area contributed by atoms with Gasteiger partial charge in [-0.3, -0.25) is 4.79 Å². The van der Waals surface area contributed by atoms with Gasteiger partial charge in [-0.2, -0.15) is 0 Å². The maximum Gasteiger partial charge on any atom is 0.231 e. The lowest BCUT2D eigenvalue weighted by Gasteiger charge is -2.30. The molecule has 3 nitrogen and oxygen atoms in total. The minimum Gasteiger partial charge on any atom is -0.342 e. The zero-order chi connectivity index (χ0) is 14.7. The van der Waals surface area contributed by atoms with Gasteiger partial charge < -0.3 is 10.2 Å². The number of likely N-dealkylation sites (tertiary alicyclic amines) is 1. The van der Waals surface area contributed by atoms with Crippen LogP contribution in [0.15, 0.2) is 24.3 Å². The van der Waals surface area contributed by atoms with Gasteiger partial charge in [-0.05, 0) is 36.3 Å². The van der Waals surface area contributed by atoms with E-state index >= 15 is 0 Å². The molecule has 2 aliphatic heterocycles. The van der Waals surface area contributed by atoms with Gasteiger partial charge in [-0.25, -0.2) is 0 Å². The second-order valence-electron chi connectivity index (χ2n) is 6.41. The van der Waals surface area contributed by atoms with Gasteiger partial charge in [0.1, 0.15) is 0 Å². The Hall–Kier alpha value is -1.35. The molecule has 0 spiro atoms. The normalized spacial score (nSPS) is 26.0. The van der Waals surface area contributed by atoms with Crippen LogP contribution in [0.4, 0.5) is 0 Å². The van der Waals surface area contributed by atoms with Crippen LogP contribution in [0.1, 0.15) is 49.7 Å². The number of carbonyl (C=O) groups is 1. The second kappa shape index (κ2) is 6.61. The number of hydrogen-bond donors (Lipinski definition) is 1. The van der Waals surface area contributed by atoms with Crippen LogP contribution in [0.2, 0.25) is 0 Å². The molecule has 2 aliphatic rings. The van der Waals surface area contributed by atoms with E-state index in [2.05, 4.69) is 41.4 Å². The van der Waals surface area contributed by atoms with Crippen molar-refractivity contribution in [2.45, 2.75) is 45.1 Å². The Balaban J connectivity index is 1.74. The number of rotatable bonds is 2. The number of nitrogens with one attached hydrogen (secondary N) is 1. The van der Waals surface area contributed by atoms with E-state index in [1.807, 2.05) is 0 Å². The van der Waals surface area contributed by atoms with E-state index in [4.69, 9.17) is 0 Å². The van der Waals surface area contributed by atoms with Crippen LogP contribution >= 0.6 is 0 Å². The molecule has 0 aliphatic carbocycles. The van der Waals surface area contributed by atoms with Crippen LogP contribution in [0.5, 0.6) is 0 Å². The third-order valence-electron chi connectivity index (χ3n) is 5.13. The summed E-state index contributed by atoms with van der Waals surface area (Å²) in [6.45, 7) is 5.81. The molecule has 2 heterocycles. The van der Waals surface area contributed by atoms with Crippen molar-refractivity contribution in [3.63, 3.8) is 0 Å². The molecule has 1 aromatic carbocycles. The summed E-state index contributed by atoms with van der Waals surface area (Å²) in [5.74, 6) is 1.14. The number of fused-ring (bicyclic) bond motifs is 1. The predicted molar refractivity (Wildman–Crippen MR) is 85.1 cm³/mol. The number of benzene rings is 1. The molecule has 1 amide bonds. The van der Waals surface area contributed by atoms with E-state index in [-0.39, 0.29) is 5.92 Å². The van der Waals surface area contributed by atoms with Gasteiger partial charge in [-0.1, -0.05) is 37.6 Å². The van der Waals surface area contributed by atoms with Crippen molar-refractivity contribution < 1.29 is 4.79 Å². The van der Waals surface area contributed by atoms with Gasteiger partial charge in [0.15, 0.2) is 0 Å². The Morgan fingerprint density at radius 2 is 2.14 bits per heavy atom. The number of hydrogen-bond acceptors (Lipinski definition) is 2. The number of nitrogens with zero attached hydrogens (tertiary/aromatic N) is 1. The van der Waals surface area contributed by atoms with E-state index in [1.165, 1.54) is 30.4 Å². The Kier molecular flexibility index (Phi) is 4.59. The van der Waals surface area contributed by atoms with Crippen molar-refractivity contribution in [1.29, 1.82) is 0 Å². The highest BCUT2D eigenvalue weighted by molar-refractivity contribution is 5.84. The van der Waals surface area contributed by atoms with Crippen molar-refractivity contribution in [3.05, 3.63) is 35.4 Å². The smallest absolute Gasteiger partial charge is 0.231 e. The van der Waals surface area contributed by atoms with Gasteiger partial charge in [0.05, 0.1) is 5.92 Å². The molecule has 1 fully saturated rings. The van der Waals surface area contributed by atoms with Gasteiger partial charge in [-0.15, -0.1) is 0 Å². The molecular weight excluding hydrogens is 260 g/mol. The zero-order valence-electron chi connectivity index (χ0n) is 13.0. The molecule has 1 N–H and O–H groups in total. The van der Waals surface area contributed by atoms with Crippen molar-refractivity contribution in [1.82, 2.24) is 10.2 Å². The average molecular weight is 286 g/mol. The third kappa shape index (κ3) is 3.13. The van der Waals surface area contributed by atoms with E-state index < -0.39 is 0 Å². The lowest BCUT2D eigenvalue weighted by atomic mass is 9.89. The van der Waals surface area contributed by atoms with E-state index in [1.54, 1.807) is 0 Å². The average Bonchev–Trinajstić information content (AvgIpc) is 2.79. The van der Waals surface area contributed by atoms with Gasteiger partial charge >= 0.3 is 0 Å². The monoisotopic (exact) mass is 286 g/mol. The molecule has 0 saturated carbocycles. The summed E-state index contributed by atoms with van der Waals surface area (Å²) in [6, 6.07) is 8.38. The van der Waals surface area contributed by atoms with Gasteiger partial charge in [0, 0.05) is 26.2 Å². The lowest BCUT2D eigenvalue weighted by molar-refractivity contribution is -0.132. The first-order valence-electron chi connectivity index (χ1n) is 8.37. The molecular formula is C18H26N2O. The molecule has 0 radical (unpaired) electrons. The molecule has 114 valence electrons. The Labute approximate surface area is 127 Å². The van der Waals surface area contributed by atoms with Crippen molar-refractivity contribution in [2.24, 2.45) is 5.92 Å². The van der Waals surface area contributed by atoms with Crippen LogP contribution in [0.3, 0.4) is 0 Å². The van der Waals surface area contributed by atoms with Crippen LogP contribution in [-0.2, 0) is 11.3 Å². The van der Waals surface area contributed by atoms with Crippen molar-refractivity contribution in [2.75, 3.05) is 19.6 Å². The molecule has 2 atom stereocenters. The molecule has 1 saturated heterocycles. The molecule has 21 heavy (non-hydrogen) atoms. The highest BCUT2D eigenvalue weighted by atomic mass is 16.2. The summed E-state index contributed by atoms with van der Waals surface area (Å²) in [7, 11) is 0. The standard InChI is InChI=1S/C18H26N2O/c1-2-14-6-5-10-20(11-9-14)18(21)17-13-19-12-15-7-3-4-8-16(15)17/h3-4,7-8,14,17,19H,2,5-6,9-13H2,1H3.